The van der Waals surface area contributed by atoms with Gasteiger partial charge < -0.3 is 15.8 Å². The number of benzene rings is 2. The Morgan fingerprint density at radius 3 is 2.50 bits per heavy atom. The Bertz CT molecular complexity index is 982. The number of primary amides is 1. The van der Waals surface area contributed by atoms with Gasteiger partial charge in [0, 0.05) is 11.3 Å². The van der Waals surface area contributed by atoms with Crippen molar-refractivity contribution in [3.8, 4) is 5.75 Å². The molecule has 0 spiro atoms. The van der Waals surface area contributed by atoms with Gasteiger partial charge in [-0.3, -0.25) is 9.59 Å². The molecule has 0 aliphatic heterocycles. The Kier molecular flexibility index (Phi) is 5.99. The van der Waals surface area contributed by atoms with Crippen LogP contribution in [0, 0.1) is 0 Å². The molecule has 0 bridgehead atoms. The van der Waals surface area contributed by atoms with Gasteiger partial charge in [-0.1, -0.05) is 25.0 Å². The standard InChI is InChI=1S/C20H22N2O5S/c21-20(24)14-5-3-7-16(11-14)27-13-19(23)22-15-6-4-10-18(12-15)28(25,26)17-8-1-2-9-17/h3-7,10-12,17H,1-2,8-9,13H2,(H2,21,24)(H,22,23). The van der Waals surface area contributed by atoms with Gasteiger partial charge in [0.2, 0.25) is 5.91 Å². The number of nitrogens with one attached hydrogen (secondary N) is 1. The molecule has 0 unspecified atom stereocenters. The number of sulfone groups is 1. The molecule has 0 radical (unpaired) electrons. The van der Waals surface area contributed by atoms with Crippen LogP contribution in [0.3, 0.4) is 0 Å². The number of amides is 2. The van der Waals surface area contributed by atoms with Gasteiger partial charge in [-0.25, -0.2) is 8.42 Å². The zero-order valence-electron chi connectivity index (χ0n) is 15.3. The molecule has 1 aliphatic carbocycles. The smallest absolute Gasteiger partial charge is 0.262 e. The molecule has 3 N–H and O–H groups in total. The molecule has 1 fully saturated rings. The van der Waals surface area contributed by atoms with Gasteiger partial charge in [0.25, 0.3) is 5.91 Å². The van der Waals surface area contributed by atoms with Crippen molar-refractivity contribution in [2.45, 2.75) is 35.8 Å². The average Bonchev–Trinajstić information content (AvgIpc) is 3.22. The summed E-state index contributed by atoms with van der Waals surface area (Å²) in [7, 11) is -3.39. The summed E-state index contributed by atoms with van der Waals surface area (Å²) >= 11 is 0. The normalized spacial score (nSPS) is 14.6. The number of nitrogens with two attached hydrogens (primary N) is 1. The summed E-state index contributed by atoms with van der Waals surface area (Å²) in [5, 5.41) is 2.28. The lowest BCUT2D eigenvalue weighted by molar-refractivity contribution is -0.118. The molecule has 7 nitrogen and oxygen atoms in total. The summed E-state index contributed by atoms with van der Waals surface area (Å²) in [5.41, 5.74) is 5.88. The van der Waals surface area contributed by atoms with Gasteiger partial charge >= 0.3 is 0 Å². The van der Waals surface area contributed by atoms with Gasteiger partial charge in [0.05, 0.1) is 10.1 Å². The van der Waals surface area contributed by atoms with E-state index in [4.69, 9.17) is 10.5 Å². The number of hydrogen-bond donors (Lipinski definition) is 2. The molecular formula is C20H22N2O5S. The summed E-state index contributed by atoms with van der Waals surface area (Å²) in [6.07, 6.45) is 3.21. The topological polar surface area (TPSA) is 116 Å². The fraction of sp³-hybridized carbons (Fsp3) is 0.300. The summed E-state index contributed by atoms with van der Waals surface area (Å²) in [6.45, 7) is -0.290. The molecule has 0 aromatic heterocycles. The Morgan fingerprint density at radius 1 is 1.07 bits per heavy atom. The molecule has 28 heavy (non-hydrogen) atoms. The second-order valence-corrected chi connectivity index (χ2v) is 8.94. The van der Waals surface area contributed by atoms with E-state index >= 15 is 0 Å². The predicted molar refractivity (Wildman–Crippen MR) is 105 cm³/mol. The molecule has 0 saturated heterocycles. The number of ether oxygens (including phenoxy) is 1. The van der Waals surface area contributed by atoms with Crippen LogP contribution in [0.25, 0.3) is 0 Å². The summed E-state index contributed by atoms with van der Waals surface area (Å²) in [6, 6.07) is 12.5. The number of carbonyl (C=O) groups is 2. The number of carbonyl (C=O) groups excluding carboxylic acids is 2. The molecule has 148 valence electrons. The Labute approximate surface area is 163 Å². The fourth-order valence-corrected chi connectivity index (χ4v) is 5.13. The summed E-state index contributed by atoms with van der Waals surface area (Å²) in [4.78, 5) is 23.5. The lowest BCUT2D eigenvalue weighted by Crippen LogP contribution is -2.21. The van der Waals surface area contributed by atoms with E-state index in [-0.39, 0.29) is 22.3 Å². The van der Waals surface area contributed by atoms with E-state index in [0.29, 0.717) is 24.3 Å². The first-order chi connectivity index (χ1) is 13.4. The van der Waals surface area contributed by atoms with E-state index in [1.165, 1.54) is 12.1 Å². The lowest BCUT2D eigenvalue weighted by atomic mass is 10.2. The van der Waals surface area contributed by atoms with E-state index in [0.717, 1.165) is 12.8 Å². The highest BCUT2D eigenvalue weighted by Crippen LogP contribution is 2.30. The zero-order chi connectivity index (χ0) is 20.1. The Hall–Kier alpha value is -2.87. The largest absolute Gasteiger partial charge is 0.484 e. The van der Waals surface area contributed by atoms with Crippen LogP contribution >= 0.6 is 0 Å². The molecule has 1 aliphatic rings. The molecule has 2 amide bonds. The molecule has 0 heterocycles. The SMILES string of the molecule is NC(=O)c1cccc(OCC(=O)Nc2cccc(S(=O)(=O)C3CCCC3)c2)c1. The minimum atomic E-state index is -3.39. The third-order valence-corrected chi connectivity index (χ3v) is 6.94. The number of anilines is 1. The maximum absolute atomic E-state index is 12.7. The van der Waals surface area contributed by atoms with Gasteiger partial charge in [-0.2, -0.15) is 0 Å². The van der Waals surface area contributed by atoms with Gasteiger partial charge in [-0.15, -0.1) is 0 Å². The van der Waals surface area contributed by atoms with Crippen molar-refractivity contribution in [3.63, 3.8) is 0 Å². The maximum atomic E-state index is 12.7. The van der Waals surface area contributed by atoms with Gasteiger partial charge in [-0.05, 0) is 49.2 Å². The molecule has 0 atom stereocenters. The quantitative estimate of drug-likeness (QED) is 0.738. The van der Waals surface area contributed by atoms with Gasteiger partial charge in [0.1, 0.15) is 5.75 Å². The van der Waals surface area contributed by atoms with Crippen molar-refractivity contribution >= 4 is 27.3 Å². The van der Waals surface area contributed by atoms with E-state index in [1.54, 1.807) is 36.4 Å². The third-order valence-electron chi connectivity index (χ3n) is 4.68. The molecule has 8 heteroatoms. The number of rotatable bonds is 7. The highest BCUT2D eigenvalue weighted by molar-refractivity contribution is 7.92. The van der Waals surface area contributed by atoms with Crippen molar-refractivity contribution < 1.29 is 22.7 Å². The fourth-order valence-electron chi connectivity index (χ4n) is 3.23. The van der Waals surface area contributed by atoms with Crippen molar-refractivity contribution in [3.05, 3.63) is 54.1 Å². The second-order valence-electron chi connectivity index (χ2n) is 6.71. The second kappa shape index (κ2) is 8.43. The average molecular weight is 402 g/mol. The van der Waals surface area contributed by atoms with Crippen molar-refractivity contribution in [1.82, 2.24) is 0 Å². The van der Waals surface area contributed by atoms with Crippen LogP contribution in [0.2, 0.25) is 0 Å². The van der Waals surface area contributed by atoms with E-state index in [9.17, 15) is 18.0 Å². The van der Waals surface area contributed by atoms with Crippen LogP contribution in [-0.4, -0.2) is 32.1 Å². The van der Waals surface area contributed by atoms with E-state index < -0.39 is 21.7 Å². The van der Waals surface area contributed by atoms with Gasteiger partial charge in [0.15, 0.2) is 16.4 Å². The van der Waals surface area contributed by atoms with Crippen molar-refractivity contribution in [2.75, 3.05) is 11.9 Å². The maximum Gasteiger partial charge on any atom is 0.262 e. The first kappa shape index (κ1) is 19.9. The Balaban J connectivity index is 1.63. The minimum Gasteiger partial charge on any atom is -0.484 e. The summed E-state index contributed by atoms with van der Waals surface area (Å²) in [5.74, 6) is -0.695. The number of hydrogen-bond acceptors (Lipinski definition) is 5. The highest BCUT2D eigenvalue weighted by Gasteiger charge is 2.30. The zero-order valence-corrected chi connectivity index (χ0v) is 16.1. The third kappa shape index (κ3) is 4.69. The molecule has 1 saturated carbocycles. The van der Waals surface area contributed by atoms with E-state index in [1.807, 2.05) is 0 Å². The molecule has 2 aromatic carbocycles. The molecule has 2 aromatic rings. The van der Waals surface area contributed by atoms with Crippen LogP contribution in [0.5, 0.6) is 5.75 Å². The van der Waals surface area contributed by atoms with Crippen LogP contribution in [0.15, 0.2) is 53.4 Å². The van der Waals surface area contributed by atoms with Crippen LogP contribution in [0.1, 0.15) is 36.0 Å². The van der Waals surface area contributed by atoms with Crippen LogP contribution < -0.4 is 15.8 Å². The van der Waals surface area contributed by atoms with Crippen LogP contribution in [0.4, 0.5) is 5.69 Å². The molecule has 3 rings (SSSR count). The Morgan fingerprint density at radius 2 is 1.79 bits per heavy atom. The lowest BCUT2D eigenvalue weighted by Gasteiger charge is -2.13. The van der Waals surface area contributed by atoms with Crippen LogP contribution in [-0.2, 0) is 14.6 Å². The predicted octanol–water partition coefficient (Wildman–Crippen LogP) is 2.52. The first-order valence-corrected chi connectivity index (χ1v) is 10.6. The monoisotopic (exact) mass is 402 g/mol. The van der Waals surface area contributed by atoms with Crippen molar-refractivity contribution in [1.29, 1.82) is 0 Å². The minimum absolute atomic E-state index is 0.215. The van der Waals surface area contributed by atoms with E-state index in [2.05, 4.69) is 5.32 Å². The molecular weight excluding hydrogens is 380 g/mol. The first-order valence-electron chi connectivity index (χ1n) is 9.03. The van der Waals surface area contributed by atoms with Crippen molar-refractivity contribution in [2.24, 2.45) is 5.73 Å². The highest BCUT2D eigenvalue weighted by atomic mass is 32.2. The summed E-state index contributed by atoms with van der Waals surface area (Å²) < 4.78 is 30.8.